The van der Waals surface area contributed by atoms with Gasteiger partial charge in [0.15, 0.2) is 11.5 Å². The number of anilines is 1. The SMILES string of the molecule is CNS(=O)(=O)Cc1ccc(CNc2ncnc3nc[nH]c23)cc1. The van der Waals surface area contributed by atoms with Crippen molar-refractivity contribution >= 4 is 27.0 Å². The van der Waals surface area contributed by atoms with Gasteiger partial charge in [-0.05, 0) is 18.2 Å². The minimum Gasteiger partial charge on any atom is -0.364 e. The molecule has 0 amide bonds. The number of imidazole rings is 1. The van der Waals surface area contributed by atoms with Gasteiger partial charge in [0.2, 0.25) is 10.0 Å². The minimum absolute atomic E-state index is 0.0299. The van der Waals surface area contributed by atoms with Crippen LogP contribution in [-0.2, 0) is 22.3 Å². The van der Waals surface area contributed by atoms with E-state index in [1.807, 2.05) is 12.1 Å². The second-order valence-electron chi connectivity index (χ2n) is 4.96. The predicted molar refractivity (Wildman–Crippen MR) is 87.1 cm³/mol. The summed E-state index contributed by atoms with van der Waals surface area (Å²) in [6.45, 7) is 0.560. The summed E-state index contributed by atoms with van der Waals surface area (Å²) in [4.78, 5) is 15.3. The van der Waals surface area contributed by atoms with Gasteiger partial charge in [0.1, 0.15) is 11.8 Å². The van der Waals surface area contributed by atoms with E-state index in [1.54, 1.807) is 18.5 Å². The van der Waals surface area contributed by atoms with Gasteiger partial charge < -0.3 is 10.3 Å². The van der Waals surface area contributed by atoms with Crippen molar-refractivity contribution < 1.29 is 8.42 Å². The van der Waals surface area contributed by atoms with Crippen molar-refractivity contribution in [3.05, 3.63) is 48.0 Å². The van der Waals surface area contributed by atoms with E-state index in [1.165, 1.54) is 13.4 Å². The molecule has 9 heteroatoms. The third-order valence-electron chi connectivity index (χ3n) is 3.37. The van der Waals surface area contributed by atoms with E-state index in [0.29, 0.717) is 18.0 Å². The van der Waals surface area contributed by atoms with Gasteiger partial charge in [-0.25, -0.2) is 28.1 Å². The van der Waals surface area contributed by atoms with Crippen LogP contribution in [0.4, 0.5) is 5.82 Å². The number of rotatable bonds is 6. The zero-order chi connectivity index (χ0) is 16.3. The smallest absolute Gasteiger partial charge is 0.215 e. The molecule has 0 aliphatic rings. The Morgan fingerprint density at radius 2 is 1.83 bits per heavy atom. The number of aromatic amines is 1. The second-order valence-corrected chi connectivity index (χ2v) is 6.88. The lowest BCUT2D eigenvalue weighted by atomic mass is 10.1. The molecule has 0 aliphatic carbocycles. The van der Waals surface area contributed by atoms with Gasteiger partial charge >= 0.3 is 0 Å². The van der Waals surface area contributed by atoms with Crippen molar-refractivity contribution in [3.63, 3.8) is 0 Å². The summed E-state index contributed by atoms with van der Waals surface area (Å²) in [5.41, 5.74) is 3.11. The van der Waals surface area contributed by atoms with Crippen molar-refractivity contribution in [1.29, 1.82) is 0 Å². The quantitative estimate of drug-likeness (QED) is 0.621. The van der Waals surface area contributed by atoms with Crippen LogP contribution >= 0.6 is 0 Å². The molecular formula is C14H16N6O2S. The third-order valence-corrected chi connectivity index (χ3v) is 4.71. The first-order chi connectivity index (χ1) is 11.1. The number of benzene rings is 1. The highest BCUT2D eigenvalue weighted by atomic mass is 32.2. The Kier molecular flexibility index (Phi) is 4.22. The molecule has 23 heavy (non-hydrogen) atoms. The van der Waals surface area contributed by atoms with Crippen LogP contribution in [0.1, 0.15) is 11.1 Å². The molecule has 1 aromatic carbocycles. The van der Waals surface area contributed by atoms with E-state index in [-0.39, 0.29) is 5.75 Å². The predicted octanol–water partition coefficient (Wildman–Crippen LogP) is 1.01. The average Bonchev–Trinajstić information content (AvgIpc) is 3.03. The van der Waals surface area contributed by atoms with Crippen LogP contribution in [0.5, 0.6) is 0 Å². The molecule has 0 bridgehead atoms. The number of H-pyrrole nitrogens is 1. The summed E-state index contributed by atoms with van der Waals surface area (Å²) < 4.78 is 25.3. The Labute approximate surface area is 133 Å². The molecule has 3 N–H and O–H groups in total. The molecule has 3 aromatic rings. The summed E-state index contributed by atoms with van der Waals surface area (Å²) in [5, 5.41) is 3.22. The van der Waals surface area contributed by atoms with Crippen molar-refractivity contribution in [2.24, 2.45) is 0 Å². The van der Waals surface area contributed by atoms with E-state index in [2.05, 4.69) is 30.0 Å². The van der Waals surface area contributed by atoms with E-state index in [0.717, 1.165) is 16.6 Å². The Morgan fingerprint density at radius 3 is 2.57 bits per heavy atom. The van der Waals surface area contributed by atoms with E-state index in [4.69, 9.17) is 0 Å². The lowest BCUT2D eigenvalue weighted by Crippen LogP contribution is -2.20. The number of sulfonamides is 1. The molecule has 0 radical (unpaired) electrons. The van der Waals surface area contributed by atoms with E-state index < -0.39 is 10.0 Å². The normalized spacial score (nSPS) is 11.7. The fraction of sp³-hybridized carbons (Fsp3) is 0.214. The molecule has 2 heterocycles. The zero-order valence-electron chi connectivity index (χ0n) is 12.4. The van der Waals surface area contributed by atoms with Crippen molar-refractivity contribution in [2.75, 3.05) is 12.4 Å². The molecule has 120 valence electrons. The number of fused-ring (bicyclic) bond motifs is 1. The highest BCUT2D eigenvalue weighted by Gasteiger charge is 2.08. The van der Waals surface area contributed by atoms with Crippen LogP contribution in [0.2, 0.25) is 0 Å². The lowest BCUT2D eigenvalue weighted by molar-refractivity contribution is 0.587. The molecule has 0 unspecified atom stereocenters. The van der Waals surface area contributed by atoms with E-state index >= 15 is 0 Å². The van der Waals surface area contributed by atoms with Crippen molar-refractivity contribution in [1.82, 2.24) is 24.7 Å². The molecule has 3 rings (SSSR count). The maximum atomic E-state index is 11.5. The van der Waals surface area contributed by atoms with E-state index in [9.17, 15) is 8.42 Å². The third kappa shape index (κ3) is 3.63. The van der Waals surface area contributed by atoms with Gasteiger partial charge in [-0.3, -0.25) is 0 Å². The maximum absolute atomic E-state index is 11.5. The topological polar surface area (TPSA) is 113 Å². The number of hydrogen-bond acceptors (Lipinski definition) is 6. The molecule has 8 nitrogen and oxygen atoms in total. The summed E-state index contributed by atoms with van der Waals surface area (Å²) >= 11 is 0. The molecule has 0 saturated heterocycles. The Hall–Kier alpha value is -2.52. The van der Waals surface area contributed by atoms with Crippen molar-refractivity contribution in [2.45, 2.75) is 12.3 Å². The number of nitrogens with one attached hydrogen (secondary N) is 3. The summed E-state index contributed by atoms with van der Waals surface area (Å²) in [6.07, 6.45) is 3.03. The molecule has 2 aromatic heterocycles. The van der Waals surface area contributed by atoms with Crippen LogP contribution < -0.4 is 10.0 Å². The standard InChI is InChI=1S/C14H16N6O2S/c1-15-23(21,22)7-11-4-2-10(3-5-11)6-16-13-12-14(18-8-17-12)20-9-19-13/h2-5,8-9,15H,6-7H2,1H3,(H2,16,17,18,19,20). The molecule has 0 saturated carbocycles. The fourth-order valence-corrected chi connectivity index (χ4v) is 2.91. The Morgan fingerprint density at radius 1 is 1.09 bits per heavy atom. The van der Waals surface area contributed by atoms with Gasteiger partial charge in [-0.15, -0.1) is 0 Å². The monoisotopic (exact) mass is 332 g/mol. The first-order valence-corrected chi connectivity index (χ1v) is 8.59. The zero-order valence-corrected chi connectivity index (χ0v) is 13.3. The summed E-state index contributed by atoms with van der Waals surface area (Å²) in [7, 11) is -1.84. The average molecular weight is 332 g/mol. The van der Waals surface area contributed by atoms with Gasteiger partial charge in [0.25, 0.3) is 0 Å². The molecular weight excluding hydrogens is 316 g/mol. The summed E-state index contributed by atoms with van der Waals surface area (Å²) in [6, 6.07) is 7.38. The lowest BCUT2D eigenvalue weighted by Gasteiger charge is -2.07. The van der Waals surface area contributed by atoms with Crippen LogP contribution in [0, 0.1) is 0 Å². The molecule has 0 spiro atoms. The molecule has 0 aliphatic heterocycles. The van der Waals surface area contributed by atoms with Crippen molar-refractivity contribution in [3.8, 4) is 0 Å². The van der Waals surface area contributed by atoms with Gasteiger partial charge in [0.05, 0.1) is 12.1 Å². The minimum atomic E-state index is -3.25. The van der Waals surface area contributed by atoms with Crippen LogP contribution in [0.25, 0.3) is 11.2 Å². The van der Waals surface area contributed by atoms with Gasteiger partial charge in [-0.1, -0.05) is 24.3 Å². The van der Waals surface area contributed by atoms with Crippen LogP contribution in [0.3, 0.4) is 0 Å². The van der Waals surface area contributed by atoms with Gasteiger partial charge in [-0.2, -0.15) is 0 Å². The number of nitrogens with zero attached hydrogens (tertiary/aromatic N) is 3. The molecule has 0 fully saturated rings. The largest absolute Gasteiger partial charge is 0.364 e. The first-order valence-electron chi connectivity index (χ1n) is 6.94. The first kappa shape index (κ1) is 15.4. The summed E-state index contributed by atoms with van der Waals surface area (Å²) in [5.74, 6) is 0.645. The number of aromatic nitrogens is 4. The maximum Gasteiger partial charge on any atom is 0.215 e. The molecule has 0 atom stereocenters. The van der Waals surface area contributed by atoms with Crippen LogP contribution in [0.15, 0.2) is 36.9 Å². The Balaban J connectivity index is 1.68. The number of hydrogen-bond donors (Lipinski definition) is 3. The second kappa shape index (κ2) is 6.31. The Bertz CT molecular complexity index is 904. The highest BCUT2D eigenvalue weighted by Crippen LogP contribution is 2.16. The van der Waals surface area contributed by atoms with Crippen LogP contribution in [-0.4, -0.2) is 35.4 Å². The fourth-order valence-electron chi connectivity index (χ4n) is 2.13. The highest BCUT2D eigenvalue weighted by molar-refractivity contribution is 7.88. The van der Waals surface area contributed by atoms with Gasteiger partial charge in [0, 0.05) is 6.54 Å².